The topological polar surface area (TPSA) is 18.5 Å². The summed E-state index contributed by atoms with van der Waals surface area (Å²) in [4.78, 5) is 4.67. The summed E-state index contributed by atoms with van der Waals surface area (Å²) in [6.07, 6.45) is 1.25. The molecule has 0 aliphatic heterocycles. The first kappa shape index (κ1) is 14.9. The summed E-state index contributed by atoms with van der Waals surface area (Å²) in [5.41, 5.74) is 0.363. The summed E-state index contributed by atoms with van der Waals surface area (Å²) >= 11 is 0. The molecule has 0 aromatic heterocycles. The normalized spacial score (nSPS) is 12.8. The third-order valence-electron chi connectivity index (χ3n) is 2.50. The molecule has 1 N–H and O–H groups in total. The summed E-state index contributed by atoms with van der Waals surface area (Å²) in [6.45, 7) is 9.21. The molecule has 0 aliphatic rings. The Morgan fingerprint density at radius 1 is 1.07 bits per heavy atom. The van der Waals surface area contributed by atoms with Gasteiger partial charge in [-0.15, -0.1) is 0 Å². The number of nitrogens with one attached hydrogen (secondary N) is 1. The van der Waals surface area contributed by atoms with Crippen LogP contribution < -0.4 is 5.32 Å². The zero-order valence-corrected chi connectivity index (χ0v) is 11.4. The lowest BCUT2D eigenvalue weighted by Crippen LogP contribution is -2.38. The zero-order valence-electron chi connectivity index (χ0n) is 11.4. The van der Waals surface area contributed by atoms with Gasteiger partial charge in [0.25, 0.3) is 0 Å². The predicted octanol–water partition coefficient (Wildman–Crippen LogP) is 1.12. The van der Waals surface area contributed by atoms with Crippen molar-refractivity contribution in [2.45, 2.75) is 20.3 Å². The molecule has 0 fully saturated rings. The van der Waals surface area contributed by atoms with Crippen LogP contribution in [0.5, 0.6) is 0 Å². The SMILES string of the molecule is CNCC(C)(C)CN(C)CCCN(C)C. The van der Waals surface area contributed by atoms with Crippen LogP contribution in [0.1, 0.15) is 20.3 Å². The Balaban J connectivity index is 3.67. The molecule has 0 heterocycles. The van der Waals surface area contributed by atoms with Crippen molar-refractivity contribution in [3.05, 3.63) is 0 Å². The van der Waals surface area contributed by atoms with Crippen molar-refractivity contribution in [2.24, 2.45) is 5.41 Å². The van der Waals surface area contributed by atoms with Gasteiger partial charge in [-0.1, -0.05) is 13.8 Å². The van der Waals surface area contributed by atoms with Gasteiger partial charge in [-0.3, -0.25) is 0 Å². The predicted molar refractivity (Wildman–Crippen MR) is 68.4 cm³/mol. The van der Waals surface area contributed by atoms with Crippen LogP contribution in [0, 0.1) is 5.41 Å². The fraction of sp³-hybridized carbons (Fsp3) is 1.00. The van der Waals surface area contributed by atoms with Gasteiger partial charge < -0.3 is 15.1 Å². The van der Waals surface area contributed by atoms with Gasteiger partial charge in [0, 0.05) is 13.1 Å². The fourth-order valence-electron chi connectivity index (χ4n) is 2.00. The summed E-state index contributed by atoms with van der Waals surface area (Å²) in [7, 11) is 8.50. The first-order valence-corrected chi connectivity index (χ1v) is 5.85. The molecule has 0 saturated carbocycles. The molecule has 0 amide bonds. The van der Waals surface area contributed by atoms with Gasteiger partial charge >= 0.3 is 0 Å². The molecule has 0 aliphatic carbocycles. The minimum atomic E-state index is 0.363. The van der Waals surface area contributed by atoms with Crippen LogP contribution in [0.4, 0.5) is 0 Å². The monoisotopic (exact) mass is 215 g/mol. The number of nitrogens with zero attached hydrogens (tertiary/aromatic N) is 2. The van der Waals surface area contributed by atoms with E-state index in [2.05, 4.69) is 50.1 Å². The molecule has 0 bridgehead atoms. The lowest BCUT2D eigenvalue weighted by molar-refractivity contribution is 0.200. The van der Waals surface area contributed by atoms with E-state index in [0.717, 1.165) is 13.1 Å². The molecule has 0 rings (SSSR count). The van der Waals surface area contributed by atoms with E-state index in [-0.39, 0.29) is 0 Å². The van der Waals surface area contributed by atoms with Crippen LogP contribution in [0.2, 0.25) is 0 Å². The molecule has 0 atom stereocenters. The van der Waals surface area contributed by atoms with Crippen molar-refractivity contribution in [1.82, 2.24) is 15.1 Å². The standard InChI is InChI=1S/C12H29N3/c1-12(2,10-13-3)11-15(6)9-7-8-14(4)5/h13H,7-11H2,1-6H3. The van der Waals surface area contributed by atoms with Gasteiger partial charge in [0.15, 0.2) is 0 Å². The van der Waals surface area contributed by atoms with Crippen LogP contribution in [0.3, 0.4) is 0 Å². The summed E-state index contributed by atoms with van der Waals surface area (Å²) < 4.78 is 0. The molecule has 0 aromatic rings. The average Bonchev–Trinajstić information content (AvgIpc) is 2.01. The molecular formula is C12H29N3. The molecule has 0 radical (unpaired) electrons. The number of hydrogen-bond donors (Lipinski definition) is 1. The second kappa shape index (κ2) is 7.20. The largest absolute Gasteiger partial charge is 0.319 e. The van der Waals surface area contributed by atoms with Gasteiger partial charge in [-0.25, -0.2) is 0 Å². The van der Waals surface area contributed by atoms with Crippen molar-refractivity contribution in [3.63, 3.8) is 0 Å². The summed E-state index contributed by atoms with van der Waals surface area (Å²) in [6, 6.07) is 0. The molecular weight excluding hydrogens is 186 g/mol. The second-order valence-electron chi connectivity index (χ2n) is 5.59. The minimum absolute atomic E-state index is 0.363. The average molecular weight is 215 g/mol. The van der Waals surface area contributed by atoms with Crippen molar-refractivity contribution < 1.29 is 0 Å². The van der Waals surface area contributed by atoms with E-state index >= 15 is 0 Å². The Labute approximate surface area is 95.8 Å². The van der Waals surface area contributed by atoms with Crippen LogP contribution in [-0.2, 0) is 0 Å². The van der Waals surface area contributed by atoms with E-state index in [4.69, 9.17) is 0 Å². The molecule has 3 heteroatoms. The van der Waals surface area contributed by atoms with E-state index in [1.807, 2.05) is 7.05 Å². The lowest BCUT2D eigenvalue weighted by atomic mass is 9.93. The number of rotatable bonds is 8. The van der Waals surface area contributed by atoms with E-state index in [0.29, 0.717) is 5.41 Å². The van der Waals surface area contributed by atoms with Gasteiger partial charge in [0.05, 0.1) is 0 Å². The molecule has 0 saturated heterocycles. The third-order valence-corrected chi connectivity index (χ3v) is 2.50. The number of hydrogen-bond acceptors (Lipinski definition) is 3. The van der Waals surface area contributed by atoms with Gasteiger partial charge in [0.1, 0.15) is 0 Å². The fourth-order valence-corrected chi connectivity index (χ4v) is 2.00. The van der Waals surface area contributed by atoms with Crippen LogP contribution in [0.25, 0.3) is 0 Å². The second-order valence-corrected chi connectivity index (χ2v) is 5.59. The maximum atomic E-state index is 3.25. The first-order chi connectivity index (χ1) is 6.87. The van der Waals surface area contributed by atoms with Gasteiger partial charge in [-0.05, 0) is 53.1 Å². The summed E-state index contributed by atoms with van der Waals surface area (Å²) in [5, 5.41) is 3.25. The van der Waals surface area contributed by atoms with Crippen LogP contribution in [-0.4, -0.2) is 64.2 Å². The Hall–Kier alpha value is -0.120. The highest BCUT2D eigenvalue weighted by Crippen LogP contribution is 2.14. The lowest BCUT2D eigenvalue weighted by Gasteiger charge is -2.30. The highest BCUT2D eigenvalue weighted by Gasteiger charge is 2.18. The van der Waals surface area contributed by atoms with Crippen molar-refractivity contribution in [2.75, 3.05) is 54.4 Å². The van der Waals surface area contributed by atoms with Gasteiger partial charge in [0.2, 0.25) is 0 Å². The van der Waals surface area contributed by atoms with E-state index in [1.165, 1.54) is 19.5 Å². The first-order valence-electron chi connectivity index (χ1n) is 5.85. The molecule has 92 valence electrons. The molecule has 0 unspecified atom stereocenters. The maximum absolute atomic E-state index is 3.25. The minimum Gasteiger partial charge on any atom is -0.319 e. The maximum Gasteiger partial charge on any atom is 0.00418 e. The molecule has 0 spiro atoms. The van der Waals surface area contributed by atoms with E-state index < -0.39 is 0 Å². The van der Waals surface area contributed by atoms with E-state index in [9.17, 15) is 0 Å². The van der Waals surface area contributed by atoms with Crippen LogP contribution in [0.15, 0.2) is 0 Å². The summed E-state index contributed by atoms with van der Waals surface area (Å²) in [5.74, 6) is 0. The van der Waals surface area contributed by atoms with Crippen molar-refractivity contribution >= 4 is 0 Å². The van der Waals surface area contributed by atoms with E-state index in [1.54, 1.807) is 0 Å². The van der Waals surface area contributed by atoms with Crippen LogP contribution >= 0.6 is 0 Å². The Morgan fingerprint density at radius 2 is 1.67 bits per heavy atom. The molecule has 3 nitrogen and oxygen atoms in total. The Morgan fingerprint density at radius 3 is 2.13 bits per heavy atom. The highest BCUT2D eigenvalue weighted by molar-refractivity contribution is 4.74. The zero-order chi connectivity index (χ0) is 11.9. The quantitative estimate of drug-likeness (QED) is 0.654. The smallest absolute Gasteiger partial charge is 0.00418 e. The Kier molecular flexibility index (Phi) is 7.14. The highest BCUT2D eigenvalue weighted by atomic mass is 15.1. The Bertz CT molecular complexity index is 155. The molecule has 15 heavy (non-hydrogen) atoms. The van der Waals surface area contributed by atoms with Gasteiger partial charge in [-0.2, -0.15) is 0 Å². The van der Waals surface area contributed by atoms with Crippen molar-refractivity contribution in [1.29, 1.82) is 0 Å². The third kappa shape index (κ3) is 8.85. The molecule has 0 aromatic carbocycles. The van der Waals surface area contributed by atoms with Crippen molar-refractivity contribution in [3.8, 4) is 0 Å².